The van der Waals surface area contributed by atoms with Crippen LogP contribution in [0.5, 0.6) is 17.5 Å². The molecule has 0 bridgehead atoms. The summed E-state index contributed by atoms with van der Waals surface area (Å²) in [5.41, 5.74) is 0. The Morgan fingerprint density at radius 1 is 1.24 bits per heavy atom. The van der Waals surface area contributed by atoms with Crippen molar-refractivity contribution in [3.63, 3.8) is 0 Å². The smallest absolute Gasteiger partial charge is 0.326 e. The standard InChI is InChI=1S/C9H11NO7/c11-5-3-6(12)10(8(5)15)4(9(16)17)1-2-7(13)14/h3-4,11-12,15H,1-2H2,(H,13,14)(H,16,17). The fraction of sp³-hybridized carbons (Fsp3) is 0.333. The lowest BCUT2D eigenvalue weighted by atomic mass is 10.1. The van der Waals surface area contributed by atoms with Gasteiger partial charge in [0.1, 0.15) is 6.04 Å². The van der Waals surface area contributed by atoms with Crippen molar-refractivity contribution >= 4 is 11.9 Å². The lowest BCUT2D eigenvalue weighted by molar-refractivity contribution is -0.142. The fourth-order valence-corrected chi connectivity index (χ4v) is 1.42. The van der Waals surface area contributed by atoms with Crippen LogP contribution in [0.1, 0.15) is 18.9 Å². The Bertz CT molecular complexity index is 450. The maximum atomic E-state index is 10.9. The number of carbonyl (C=O) groups is 2. The Balaban J connectivity index is 3.05. The fourth-order valence-electron chi connectivity index (χ4n) is 1.42. The number of aromatic hydroxyl groups is 3. The molecule has 8 heteroatoms. The normalized spacial score (nSPS) is 12.2. The number of nitrogens with zero attached hydrogens (tertiary/aromatic N) is 1. The summed E-state index contributed by atoms with van der Waals surface area (Å²) in [6, 6.07) is -0.696. The predicted molar refractivity (Wildman–Crippen MR) is 53.0 cm³/mol. The van der Waals surface area contributed by atoms with E-state index in [-0.39, 0.29) is 6.42 Å². The highest BCUT2D eigenvalue weighted by molar-refractivity contribution is 5.74. The van der Waals surface area contributed by atoms with Crippen LogP contribution in [0, 0.1) is 0 Å². The van der Waals surface area contributed by atoms with Crippen molar-refractivity contribution in [2.45, 2.75) is 18.9 Å². The van der Waals surface area contributed by atoms with E-state index in [2.05, 4.69) is 0 Å². The summed E-state index contributed by atoms with van der Waals surface area (Å²) in [4.78, 5) is 21.3. The molecule has 1 rings (SSSR count). The summed E-state index contributed by atoms with van der Waals surface area (Å²) < 4.78 is 0.556. The molecule has 1 aromatic rings. The summed E-state index contributed by atoms with van der Waals surface area (Å²) in [7, 11) is 0. The molecule has 1 heterocycles. The van der Waals surface area contributed by atoms with Crippen LogP contribution < -0.4 is 0 Å². The average molecular weight is 245 g/mol. The highest BCUT2D eigenvalue weighted by atomic mass is 16.4. The van der Waals surface area contributed by atoms with Gasteiger partial charge in [0.05, 0.1) is 0 Å². The van der Waals surface area contributed by atoms with Crippen LogP contribution in [-0.2, 0) is 9.59 Å². The molecule has 1 aromatic heterocycles. The molecule has 0 spiro atoms. The molecule has 0 aliphatic heterocycles. The molecule has 94 valence electrons. The minimum atomic E-state index is -1.47. The Kier molecular flexibility index (Phi) is 3.46. The zero-order valence-corrected chi connectivity index (χ0v) is 8.57. The highest BCUT2D eigenvalue weighted by Gasteiger charge is 2.27. The molecule has 0 radical (unpaired) electrons. The van der Waals surface area contributed by atoms with Gasteiger partial charge in [0.15, 0.2) is 11.6 Å². The number of aromatic nitrogens is 1. The molecule has 0 aliphatic rings. The molecular formula is C9H11NO7. The van der Waals surface area contributed by atoms with Crippen LogP contribution >= 0.6 is 0 Å². The van der Waals surface area contributed by atoms with Gasteiger partial charge in [-0.3, -0.25) is 9.36 Å². The molecule has 0 saturated heterocycles. The average Bonchev–Trinajstić information content (AvgIpc) is 2.44. The van der Waals surface area contributed by atoms with Gasteiger partial charge in [0.25, 0.3) is 0 Å². The van der Waals surface area contributed by atoms with Crippen LogP contribution in [0.3, 0.4) is 0 Å². The van der Waals surface area contributed by atoms with Crippen molar-refractivity contribution in [2.24, 2.45) is 0 Å². The summed E-state index contributed by atoms with van der Waals surface area (Å²) in [6.45, 7) is 0. The van der Waals surface area contributed by atoms with Gasteiger partial charge < -0.3 is 25.5 Å². The lowest BCUT2D eigenvalue weighted by Crippen LogP contribution is -2.19. The lowest BCUT2D eigenvalue weighted by Gasteiger charge is -2.15. The van der Waals surface area contributed by atoms with E-state index in [9.17, 15) is 19.8 Å². The van der Waals surface area contributed by atoms with Crippen LogP contribution in [0.4, 0.5) is 0 Å². The third-order valence-electron chi connectivity index (χ3n) is 2.20. The van der Waals surface area contributed by atoms with Gasteiger partial charge in [-0.15, -0.1) is 0 Å². The third-order valence-corrected chi connectivity index (χ3v) is 2.20. The Morgan fingerprint density at radius 3 is 2.18 bits per heavy atom. The highest BCUT2D eigenvalue weighted by Crippen LogP contribution is 2.37. The second kappa shape index (κ2) is 4.64. The van der Waals surface area contributed by atoms with Gasteiger partial charge in [-0.25, -0.2) is 4.79 Å². The minimum absolute atomic E-state index is 0.333. The summed E-state index contributed by atoms with van der Waals surface area (Å²) in [6.07, 6.45) is -0.783. The predicted octanol–water partition coefficient (Wildman–Crippen LogP) is 0.0954. The van der Waals surface area contributed by atoms with E-state index in [0.29, 0.717) is 4.57 Å². The second-order valence-corrected chi connectivity index (χ2v) is 3.37. The van der Waals surface area contributed by atoms with Crippen LogP contribution in [0.15, 0.2) is 6.07 Å². The molecule has 0 saturated carbocycles. The van der Waals surface area contributed by atoms with Gasteiger partial charge in [-0.2, -0.15) is 0 Å². The van der Waals surface area contributed by atoms with E-state index < -0.39 is 41.9 Å². The number of aliphatic carboxylic acids is 2. The molecule has 0 aromatic carbocycles. The Morgan fingerprint density at radius 2 is 1.82 bits per heavy atom. The minimum Gasteiger partial charge on any atom is -0.503 e. The first kappa shape index (κ1) is 12.7. The summed E-state index contributed by atoms with van der Waals surface area (Å²) >= 11 is 0. The maximum absolute atomic E-state index is 10.9. The first-order valence-electron chi connectivity index (χ1n) is 4.61. The van der Waals surface area contributed by atoms with Crippen LogP contribution in [0.25, 0.3) is 0 Å². The van der Waals surface area contributed by atoms with Gasteiger partial charge in [0, 0.05) is 12.5 Å². The number of carboxylic acids is 2. The monoisotopic (exact) mass is 245 g/mol. The molecule has 0 fully saturated rings. The quantitative estimate of drug-likeness (QED) is 0.495. The Hall–Kier alpha value is -2.38. The number of hydrogen-bond donors (Lipinski definition) is 5. The van der Waals surface area contributed by atoms with Crippen LogP contribution in [0.2, 0.25) is 0 Å². The van der Waals surface area contributed by atoms with E-state index in [1.165, 1.54) is 0 Å². The molecular weight excluding hydrogens is 234 g/mol. The van der Waals surface area contributed by atoms with Gasteiger partial charge in [0.2, 0.25) is 5.88 Å². The van der Waals surface area contributed by atoms with Gasteiger partial charge >= 0.3 is 11.9 Å². The topological polar surface area (TPSA) is 140 Å². The second-order valence-electron chi connectivity index (χ2n) is 3.37. The first-order valence-corrected chi connectivity index (χ1v) is 4.61. The molecule has 17 heavy (non-hydrogen) atoms. The largest absolute Gasteiger partial charge is 0.503 e. The zero-order valence-electron chi connectivity index (χ0n) is 8.57. The van der Waals surface area contributed by atoms with Gasteiger partial charge in [-0.1, -0.05) is 0 Å². The van der Waals surface area contributed by atoms with Crippen molar-refractivity contribution in [1.82, 2.24) is 4.57 Å². The van der Waals surface area contributed by atoms with Crippen molar-refractivity contribution < 1.29 is 35.1 Å². The number of carboxylic acid groups (broad SMARTS) is 2. The van der Waals surface area contributed by atoms with E-state index in [1.54, 1.807) is 0 Å². The van der Waals surface area contributed by atoms with Crippen LogP contribution in [-0.4, -0.2) is 42.0 Å². The molecule has 0 aliphatic carbocycles. The van der Waals surface area contributed by atoms with E-state index >= 15 is 0 Å². The van der Waals surface area contributed by atoms with E-state index in [1.807, 2.05) is 0 Å². The maximum Gasteiger partial charge on any atom is 0.326 e. The summed E-state index contributed by atoms with van der Waals surface area (Å²) in [5.74, 6) is -4.78. The molecule has 1 atom stereocenters. The van der Waals surface area contributed by atoms with Crippen molar-refractivity contribution in [1.29, 1.82) is 0 Å². The van der Waals surface area contributed by atoms with Crippen molar-refractivity contribution in [3.05, 3.63) is 6.07 Å². The van der Waals surface area contributed by atoms with E-state index in [4.69, 9.17) is 15.3 Å². The molecule has 0 amide bonds. The number of rotatable bonds is 5. The molecule has 5 N–H and O–H groups in total. The third kappa shape index (κ3) is 2.60. The molecule has 1 unspecified atom stereocenters. The Labute approximate surface area is 95.0 Å². The zero-order chi connectivity index (χ0) is 13.2. The SMILES string of the molecule is O=C(O)CCC(C(=O)O)n1c(O)cc(O)c1O. The summed E-state index contributed by atoms with van der Waals surface area (Å²) in [5, 5.41) is 45.1. The van der Waals surface area contributed by atoms with Crippen molar-refractivity contribution in [3.8, 4) is 17.5 Å². The first-order chi connectivity index (χ1) is 7.84. The van der Waals surface area contributed by atoms with Gasteiger partial charge in [-0.05, 0) is 6.42 Å². The van der Waals surface area contributed by atoms with E-state index in [0.717, 1.165) is 6.07 Å². The molecule has 8 nitrogen and oxygen atoms in total. The van der Waals surface area contributed by atoms with Crippen molar-refractivity contribution in [2.75, 3.05) is 0 Å². The number of hydrogen-bond acceptors (Lipinski definition) is 5.